The summed E-state index contributed by atoms with van der Waals surface area (Å²) in [7, 11) is 2.94. The molecule has 2 heterocycles. The van der Waals surface area contributed by atoms with E-state index >= 15 is 0 Å². The van der Waals surface area contributed by atoms with Gasteiger partial charge in [0, 0.05) is 25.2 Å². The number of hydrogen-bond acceptors (Lipinski definition) is 7. The molecular formula is C26H26FN5O5. The molecule has 0 radical (unpaired) electrons. The number of halogens is 1. The van der Waals surface area contributed by atoms with E-state index in [2.05, 4.69) is 26.1 Å². The SMILES string of the molecule is CNC(=O)c1ccc(-c2ccccc2OCC2CC(CNC(=O)Nc3ccncc3OC)=NO2)cc1F. The van der Waals surface area contributed by atoms with Gasteiger partial charge in [-0.05, 0) is 29.8 Å². The molecule has 10 nitrogen and oxygen atoms in total. The molecule has 11 heteroatoms. The van der Waals surface area contributed by atoms with Crippen LogP contribution in [0.1, 0.15) is 16.8 Å². The number of oxime groups is 1. The number of para-hydroxylation sites is 1. The maximum atomic E-state index is 14.5. The van der Waals surface area contributed by atoms with Crippen molar-refractivity contribution in [1.29, 1.82) is 0 Å². The first-order valence-corrected chi connectivity index (χ1v) is 11.5. The van der Waals surface area contributed by atoms with Crippen molar-refractivity contribution >= 4 is 23.3 Å². The number of carbonyl (C=O) groups excluding carboxylic acids is 2. The van der Waals surface area contributed by atoms with E-state index in [0.29, 0.717) is 40.4 Å². The minimum atomic E-state index is -0.622. The van der Waals surface area contributed by atoms with Crippen LogP contribution in [0.2, 0.25) is 0 Å². The fraction of sp³-hybridized carbons (Fsp3) is 0.231. The molecule has 1 atom stereocenters. The third-order valence-corrected chi connectivity index (χ3v) is 5.56. The zero-order valence-corrected chi connectivity index (χ0v) is 20.3. The average molecular weight is 508 g/mol. The van der Waals surface area contributed by atoms with E-state index in [-0.39, 0.29) is 24.8 Å². The Labute approximate surface area is 212 Å². The van der Waals surface area contributed by atoms with Crippen molar-refractivity contribution in [2.24, 2.45) is 5.16 Å². The van der Waals surface area contributed by atoms with Crippen molar-refractivity contribution in [3.8, 4) is 22.6 Å². The van der Waals surface area contributed by atoms with Crippen molar-refractivity contribution in [3.63, 3.8) is 0 Å². The molecule has 1 unspecified atom stereocenters. The molecule has 37 heavy (non-hydrogen) atoms. The Balaban J connectivity index is 1.29. The van der Waals surface area contributed by atoms with E-state index in [0.717, 1.165) is 0 Å². The van der Waals surface area contributed by atoms with Crippen LogP contribution in [0, 0.1) is 5.82 Å². The van der Waals surface area contributed by atoms with Gasteiger partial charge in [0.1, 0.15) is 18.2 Å². The molecule has 3 N–H and O–H groups in total. The normalized spacial score (nSPS) is 14.2. The number of nitrogens with one attached hydrogen (secondary N) is 3. The predicted octanol–water partition coefficient (Wildman–Crippen LogP) is 3.60. The van der Waals surface area contributed by atoms with Crippen molar-refractivity contribution in [1.82, 2.24) is 15.6 Å². The summed E-state index contributed by atoms with van der Waals surface area (Å²) in [5, 5.41) is 11.9. The lowest BCUT2D eigenvalue weighted by molar-refractivity contribution is 0.0472. The molecule has 2 aromatic carbocycles. The van der Waals surface area contributed by atoms with E-state index in [1.54, 1.807) is 30.5 Å². The van der Waals surface area contributed by atoms with Crippen LogP contribution in [0.5, 0.6) is 11.5 Å². The van der Waals surface area contributed by atoms with Gasteiger partial charge >= 0.3 is 6.03 Å². The predicted molar refractivity (Wildman–Crippen MR) is 135 cm³/mol. The lowest BCUT2D eigenvalue weighted by Gasteiger charge is -2.15. The van der Waals surface area contributed by atoms with Gasteiger partial charge in [-0.15, -0.1) is 0 Å². The van der Waals surface area contributed by atoms with Crippen LogP contribution < -0.4 is 25.4 Å². The van der Waals surface area contributed by atoms with Crippen molar-refractivity contribution in [2.75, 3.05) is 32.6 Å². The van der Waals surface area contributed by atoms with Gasteiger partial charge in [-0.2, -0.15) is 0 Å². The second kappa shape index (κ2) is 11.8. The van der Waals surface area contributed by atoms with Gasteiger partial charge in [0.25, 0.3) is 5.91 Å². The maximum Gasteiger partial charge on any atom is 0.319 e. The zero-order chi connectivity index (χ0) is 26.2. The third-order valence-electron chi connectivity index (χ3n) is 5.56. The quantitative estimate of drug-likeness (QED) is 0.407. The Kier molecular flexibility index (Phi) is 8.14. The summed E-state index contributed by atoms with van der Waals surface area (Å²) in [5.74, 6) is -0.133. The van der Waals surface area contributed by atoms with Crippen LogP contribution in [-0.4, -0.2) is 56.0 Å². The number of nitrogens with zero attached hydrogens (tertiary/aromatic N) is 2. The summed E-state index contributed by atoms with van der Waals surface area (Å²) < 4.78 is 25.6. The van der Waals surface area contributed by atoms with Crippen LogP contribution >= 0.6 is 0 Å². The Morgan fingerprint density at radius 2 is 2.00 bits per heavy atom. The Hall–Kier alpha value is -4.67. The molecule has 1 aliphatic rings. The molecular weight excluding hydrogens is 481 g/mol. The van der Waals surface area contributed by atoms with E-state index in [4.69, 9.17) is 14.3 Å². The molecule has 0 saturated heterocycles. The van der Waals surface area contributed by atoms with Gasteiger partial charge in [0.05, 0.1) is 36.8 Å². The number of ether oxygens (including phenoxy) is 2. The number of rotatable bonds is 9. The Bertz CT molecular complexity index is 1320. The maximum absolute atomic E-state index is 14.5. The number of urea groups is 1. The molecule has 1 aliphatic heterocycles. The lowest BCUT2D eigenvalue weighted by Crippen LogP contribution is -2.33. The fourth-order valence-corrected chi connectivity index (χ4v) is 3.69. The van der Waals surface area contributed by atoms with Gasteiger partial charge in [0.2, 0.25) is 0 Å². The number of pyridine rings is 1. The number of anilines is 1. The second-order valence-corrected chi connectivity index (χ2v) is 8.05. The fourth-order valence-electron chi connectivity index (χ4n) is 3.69. The first-order valence-electron chi connectivity index (χ1n) is 11.5. The van der Waals surface area contributed by atoms with Gasteiger partial charge in [0.15, 0.2) is 11.9 Å². The summed E-state index contributed by atoms with van der Waals surface area (Å²) in [5.41, 5.74) is 2.37. The second-order valence-electron chi connectivity index (χ2n) is 8.05. The van der Waals surface area contributed by atoms with E-state index < -0.39 is 17.8 Å². The number of carbonyl (C=O) groups is 2. The standard InChI is InChI=1S/C26H26FN5O5/c1-28-25(33)20-8-7-16(11-21(20)27)19-5-3-4-6-23(19)36-15-18-12-17(32-37-18)13-30-26(34)31-22-9-10-29-14-24(22)35-2/h3-11,14,18H,12-13,15H2,1-2H3,(H,28,33)(H2,29,30,31,34). The van der Waals surface area contributed by atoms with Crippen LogP contribution in [-0.2, 0) is 4.84 Å². The van der Waals surface area contributed by atoms with Crippen LogP contribution in [0.15, 0.2) is 66.1 Å². The lowest BCUT2D eigenvalue weighted by atomic mass is 10.0. The molecule has 0 saturated carbocycles. The highest BCUT2D eigenvalue weighted by atomic mass is 19.1. The topological polar surface area (TPSA) is 123 Å². The molecule has 1 aromatic heterocycles. The number of amides is 3. The average Bonchev–Trinajstić information content (AvgIpc) is 3.38. The summed E-state index contributed by atoms with van der Waals surface area (Å²) >= 11 is 0. The highest BCUT2D eigenvalue weighted by molar-refractivity contribution is 5.96. The molecule has 4 rings (SSSR count). The third kappa shape index (κ3) is 6.31. The van der Waals surface area contributed by atoms with Crippen molar-refractivity contribution in [3.05, 3.63) is 72.3 Å². The molecule has 3 amide bonds. The summed E-state index contributed by atoms with van der Waals surface area (Å²) in [6, 6.07) is 12.8. The Morgan fingerprint density at radius 1 is 1.16 bits per heavy atom. The molecule has 3 aromatic rings. The van der Waals surface area contributed by atoms with E-state index in [9.17, 15) is 14.0 Å². The molecule has 192 valence electrons. The number of benzene rings is 2. The minimum absolute atomic E-state index is 0.0316. The molecule has 0 spiro atoms. The van der Waals surface area contributed by atoms with Crippen molar-refractivity contribution < 1.29 is 28.3 Å². The minimum Gasteiger partial charge on any atom is -0.493 e. The van der Waals surface area contributed by atoms with Crippen LogP contribution in [0.25, 0.3) is 11.1 Å². The Morgan fingerprint density at radius 3 is 2.78 bits per heavy atom. The highest BCUT2D eigenvalue weighted by Crippen LogP contribution is 2.31. The number of hydrogen-bond donors (Lipinski definition) is 3. The first kappa shape index (κ1) is 25.4. The van der Waals surface area contributed by atoms with Gasteiger partial charge in [-0.25, -0.2) is 9.18 Å². The highest BCUT2D eigenvalue weighted by Gasteiger charge is 2.23. The largest absolute Gasteiger partial charge is 0.493 e. The first-order chi connectivity index (χ1) is 18.0. The summed E-state index contributed by atoms with van der Waals surface area (Å²) in [4.78, 5) is 33.4. The summed E-state index contributed by atoms with van der Waals surface area (Å²) in [6.45, 7) is 0.395. The molecule has 0 fully saturated rings. The van der Waals surface area contributed by atoms with E-state index in [1.165, 1.54) is 32.5 Å². The van der Waals surface area contributed by atoms with Crippen molar-refractivity contribution in [2.45, 2.75) is 12.5 Å². The zero-order valence-electron chi connectivity index (χ0n) is 20.3. The van der Waals surface area contributed by atoms with Gasteiger partial charge < -0.3 is 30.3 Å². The number of methoxy groups -OCH3 is 1. The van der Waals surface area contributed by atoms with Gasteiger partial charge in [-0.3, -0.25) is 9.78 Å². The van der Waals surface area contributed by atoms with Gasteiger partial charge in [-0.1, -0.05) is 29.4 Å². The molecule has 0 aliphatic carbocycles. The number of aromatic nitrogens is 1. The van der Waals surface area contributed by atoms with E-state index in [1.807, 2.05) is 12.1 Å². The summed E-state index contributed by atoms with van der Waals surface area (Å²) in [6.07, 6.45) is 3.17. The molecule has 0 bridgehead atoms. The van der Waals surface area contributed by atoms with Crippen LogP contribution in [0.3, 0.4) is 0 Å². The van der Waals surface area contributed by atoms with Crippen LogP contribution in [0.4, 0.5) is 14.9 Å². The smallest absolute Gasteiger partial charge is 0.319 e. The monoisotopic (exact) mass is 507 g/mol.